The molecule has 0 atom stereocenters. The third-order valence-corrected chi connectivity index (χ3v) is 0.646. The Kier molecular flexibility index (Phi) is 3.60. The highest BCUT2D eigenvalue weighted by Gasteiger charge is 1.81. The van der Waals surface area contributed by atoms with Gasteiger partial charge in [0.05, 0.1) is 0 Å². The molecule has 0 bridgehead atoms. The van der Waals surface area contributed by atoms with Crippen molar-refractivity contribution in [1.29, 1.82) is 0 Å². The Morgan fingerprint density at radius 3 is 2.56 bits per heavy atom. The van der Waals surface area contributed by atoms with E-state index in [9.17, 15) is 4.39 Å². The standard InChI is InChI=1S/C7H10FN/c1-4-7(8)9-5-6(2)3/h4-5H,2H2,1,3H3/b7-4-,9-5?. The van der Waals surface area contributed by atoms with Crippen molar-refractivity contribution >= 4 is 6.21 Å². The van der Waals surface area contributed by atoms with Crippen LogP contribution in [0.25, 0.3) is 0 Å². The average molecular weight is 127 g/mol. The lowest BCUT2D eigenvalue weighted by Crippen LogP contribution is -1.73. The van der Waals surface area contributed by atoms with Crippen molar-refractivity contribution in [1.82, 2.24) is 0 Å². The Morgan fingerprint density at radius 2 is 2.22 bits per heavy atom. The van der Waals surface area contributed by atoms with E-state index in [2.05, 4.69) is 11.6 Å². The molecule has 0 amide bonds. The topological polar surface area (TPSA) is 12.4 Å². The van der Waals surface area contributed by atoms with Gasteiger partial charge in [0.25, 0.3) is 0 Å². The largest absolute Gasteiger partial charge is 0.228 e. The molecule has 0 aliphatic carbocycles. The first-order valence-electron chi connectivity index (χ1n) is 2.68. The summed E-state index contributed by atoms with van der Waals surface area (Å²) in [5.74, 6) is -0.474. The minimum absolute atomic E-state index is 0.474. The predicted octanol–water partition coefficient (Wildman–Crippen LogP) is 2.46. The maximum atomic E-state index is 12.1. The Hall–Kier alpha value is -0.920. The van der Waals surface area contributed by atoms with Gasteiger partial charge in [-0.3, -0.25) is 0 Å². The SMILES string of the molecule is C=C(C)C=N/C(F)=C\C. The monoisotopic (exact) mass is 127 g/mol. The fourth-order valence-corrected chi connectivity index (χ4v) is 0.246. The van der Waals surface area contributed by atoms with Crippen molar-refractivity contribution in [3.63, 3.8) is 0 Å². The number of nitrogens with zero attached hydrogens (tertiary/aromatic N) is 1. The molecule has 0 rings (SSSR count). The quantitative estimate of drug-likeness (QED) is 0.399. The molecule has 0 aromatic heterocycles. The number of halogens is 1. The molecule has 50 valence electrons. The van der Waals surface area contributed by atoms with Gasteiger partial charge in [-0.2, -0.15) is 4.39 Å². The summed E-state index contributed by atoms with van der Waals surface area (Å²) in [5.41, 5.74) is 0.743. The van der Waals surface area contributed by atoms with E-state index in [1.807, 2.05) is 0 Å². The lowest BCUT2D eigenvalue weighted by Gasteiger charge is -1.83. The van der Waals surface area contributed by atoms with Crippen LogP contribution in [0.1, 0.15) is 13.8 Å². The molecular weight excluding hydrogens is 117 g/mol. The summed E-state index contributed by atoms with van der Waals surface area (Å²) < 4.78 is 12.1. The van der Waals surface area contributed by atoms with Crippen LogP contribution in [0.2, 0.25) is 0 Å². The van der Waals surface area contributed by atoms with Gasteiger partial charge in [-0.25, -0.2) is 4.99 Å². The molecule has 0 unspecified atom stereocenters. The highest BCUT2D eigenvalue weighted by atomic mass is 19.1. The average Bonchev–Trinajstić information content (AvgIpc) is 1.83. The highest BCUT2D eigenvalue weighted by molar-refractivity contribution is 5.77. The smallest absolute Gasteiger partial charge is 0.208 e. The Labute approximate surface area is 54.6 Å². The lowest BCUT2D eigenvalue weighted by molar-refractivity contribution is 0.627. The molecule has 0 N–H and O–H groups in total. The molecular formula is C7H10FN. The number of allylic oxidation sites excluding steroid dienone is 2. The van der Waals surface area contributed by atoms with Gasteiger partial charge in [-0.1, -0.05) is 6.58 Å². The van der Waals surface area contributed by atoms with Gasteiger partial charge in [0.2, 0.25) is 5.95 Å². The van der Waals surface area contributed by atoms with E-state index in [4.69, 9.17) is 0 Å². The van der Waals surface area contributed by atoms with Gasteiger partial charge in [0.15, 0.2) is 0 Å². The summed E-state index contributed by atoms with van der Waals surface area (Å²) in [7, 11) is 0. The summed E-state index contributed by atoms with van der Waals surface area (Å²) in [6, 6.07) is 0. The summed E-state index contributed by atoms with van der Waals surface area (Å²) in [4.78, 5) is 3.41. The first kappa shape index (κ1) is 8.08. The molecule has 9 heavy (non-hydrogen) atoms. The molecule has 0 aliphatic heterocycles. The van der Waals surface area contributed by atoms with E-state index in [1.165, 1.54) is 12.3 Å². The maximum Gasteiger partial charge on any atom is 0.208 e. The molecule has 2 heteroatoms. The van der Waals surface area contributed by atoms with Gasteiger partial charge in [0, 0.05) is 6.21 Å². The minimum Gasteiger partial charge on any atom is -0.228 e. The molecule has 0 saturated heterocycles. The van der Waals surface area contributed by atoms with Crippen LogP contribution < -0.4 is 0 Å². The van der Waals surface area contributed by atoms with Crippen LogP contribution in [0.5, 0.6) is 0 Å². The number of hydrogen-bond acceptors (Lipinski definition) is 1. The molecule has 0 aromatic rings. The molecule has 0 saturated carbocycles. The summed E-state index contributed by atoms with van der Waals surface area (Å²) in [6.45, 7) is 6.86. The van der Waals surface area contributed by atoms with E-state index >= 15 is 0 Å². The van der Waals surface area contributed by atoms with Crippen LogP contribution in [0, 0.1) is 0 Å². The molecule has 0 radical (unpaired) electrons. The van der Waals surface area contributed by atoms with Crippen molar-refractivity contribution in [3.05, 3.63) is 24.2 Å². The second-order valence-electron chi connectivity index (χ2n) is 1.72. The Balaban J connectivity index is 3.86. The lowest BCUT2D eigenvalue weighted by atomic mass is 10.4. The number of rotatable bonds is 2. The molecule has 0 spiro atoms. The molecule has 0 aromatic carbocycles. The third kappa shape index (κ3) is 4.94. The first-order valence-corrected chi connectivity index (χ1v) is 2.68. The van der Waals surface area contributed by atoms with E-state index < -0.39 is 5.95 Å². The minimum atomic E-state index is -0.474. The summed E-state index contributed by atoms with van der Waals surface area (Å²) in [6.07, 6.45) is 2.68. The van der Waals surface area contributed by atoms with E-state index in [0.29, 0.717) is 0 Å². The molecule has 0 aliphatic rings. The van der Waals surface area contributed by atoms with Crippen molar-refractivity contribution in [2.75, 3.05) is 0 Å². The van der Waals surface area contributed by atoms with Gasteiger partial charge < -0.3 is 0 Å². The zero-order valence-corrected chi connectivity index (χ0v) is 5.69. The third-order valence-electron chi connectivity index (χ3n) is 0.646. The van der Waals surface area contributed by atoms with Crippen LogP contribution in [0.4, 0.5) is 4.39 Å². The fourth-order valence-electron chi connectivity index (χ4n) is 0.246. The van der Waals surface area contributed by atoms with Gasteiger partial charge >= 0.3 is 0 Å². The van der Waals surface area contributed by atoms with Crippen molar-refractivity contribution < 1.29 is 4.39 Å². The van der Waals surface area contributed by atoms with Crippen LogP contribution in [0.3, 0.4) is 0 Å². The fraction of sp³-hybridized carbons (Fsp3) is 0.286. The zero-order valence-electron chi connectivity index (χ0n) is 5.69. The van der Waals surface area contributed by atoms with Crippen LogP contribution in [-0.4, -0.2) is 6.21 Å². The second kappa shape index (κ2) is 4.01. The Bertz CT molecular complexity index is 156. The van der Waals surface area contributed by atoms with Crippen molar-refractivity contribution in [3.8, 4) is 0 Å². The zero-order chi connectivity index (χ0) is 7.28. The highest BCUT2D eigenvalue weighted by Crippen LogP contribution is 1.96. The van der Waals surface area contributed by atoms with Gasteiger partial charge in [0.1, 0.15) is 0 Å². The van der Waals surface area contributed by atoms with Crippen molar-refractivity contribution in [2.24, 2.45) is 4.99 Å². The number of aliphatic imine (C=N–C) groups is 1. The normalized spacial score (nSPS) is 12.6. The maximum absolute atomic E-state index is 12.1. The van der Waals surface area contributed by atoms with Gasteiger partial charge in [-0.15, -0.1) is 0 Å². The van der Waals surface area contributed by atoms with E-state index in [-0.39, 0.29) is 0 Å². The second-order valence-corrected chi connectivity index (χ2v) is 1.72. The van der Waals surface area contributed by atoms with Crippen LogP contribution >= 0.6 is 0 Å². The van der Waals surface area contributed by atoms with Gasteiger partial charge in [-0.05, 0) is 25.5 Å². The van der Waals surface area contributed by atoms with E-state index in [1.54, 1.807) is 13.8 Å². The number of hydrogen-bond donors (Lipinski definition) is 0. The summed E-state index contributed by atoms with van der Waals surface area (Å²) >= 11 is 0. The molecule has 0 fully saturated rings. The van der Waals surface area contributed by atoms with Crippen molar-refractivity contribution in [2.45, 2.75) is 13.8 Å². The molecule has 0 heterocycles. The predicted molar refractivity (Wildman–Crippen MR) is 38.2 cm³/mol. The molecule has 1 nitrogen and oxygen atoms in total. The van der Waals surface area contributed by atoms with Crippen LogP contribution in [0.15, 0.2) is 29.2 Å². The Morgan fingerprint density at radius 1 is 1.67 bits per heavy atom. The van der Waals surface area contributed by atoms with E-state index in [0.717, 1.165) is 5.57 Å². The summed E-state index contributed by atoms with van der Waals surface area (Å²) in [5, 5.41) is 0. The first-order chi connectivity index (χ1) is 4.16. The van der Waals surface area contributed by atoms with Crippen LogP contribution in [-0.2, 0) is 0 Å².